The number of ketones is 1. The molecule has 2 aromatic rings. The molecule has 0 aromatic heterocycles. The molecule has 0 saturated heterocycles. The molecule has 0 unspecified atom stereocenters. The molecular weight excluding hydrogens is 319 g/mol. The normalized spacial score (nSPS) is 10.6. The molecule has 0 N–H and O–H groups in total. The fourth-order valence-electron chi connectivity index (χ4n) is 2.14. The summed E-state index contributed by atoms with van der Waals surface area (Å²) in [5.74, 6) is -0.173. The molecule has 0 aliphatic rings. The third-order valence-electron chi connectivity index (χ3n) is 3.29. The van der Waals surface area contributed by atoms with Gasteiger partial charge in [-0.2, -0.15) is 0 Å². The Hall–Kier alpha value is -1.48. The fourth-order valence-corrected chi connectivity index (χ4v) is 2.63. The van der Waals surface area contributed by atoms with Crippen LogP contribution in [-0.2, 0) is 17.6 Å². The molecule has 0 saturated carbocycles. The van der Waals surface area contributed by atoms with E-state index < -0.39 is 0 Å². The first-order valence-electron chi connectivity index (χ1n) is 6.47. The van der Waals surface area contributed by atoms with E-state index in [2.05, 4.69) is 15.9 Å². The second-order valence-corrected chi connectivity index (χ2v) is 5.91. The summed E-state index contributed by atoms with van der Waals surface area (Å²) < 4.78 is 13.7. The van der Waals surface area contributed by atoms with Crippen LogP contribution in [0, 0.1) is 19.7 Å². The van der Waals surface area contributed by atoms with Gasteiger partial charge < -0.3 is 0 Å². The Morgan fingerprint density at radius 2 is 1.75 bits per heavy atom. The average molecular weight is 335 g/mol. The van der Waals surface area contributed by atoms with Gasteiger partial charge in [0.2, 0.25) is 0 Å². The number of carbonyl (C=O) groups excluding carboxylic acids is 1. The number of halogens is 2. The van der Waals surface area contributed by atoms with Crippen LogP contribution >= 0.6 is 15.9 Å². The first kappa shape index (κ1) is 14.9. The van der Waals surface area contributed by atoms with Gasteiger partial charge in [0.25, 0.3) is 0 Å². The largest absolute Gasteiger partial charge is 0.299 e. The average Bonchev–Trinajstić information content (AvgIpc) is 2.37. The number of aryl methyl sites for hydroxylation is 2. The Morgan fingerprint density at radius 3 is 2.45 bits per heavy atom. The third kappa shape index (κ3) is 3.76. The second-order valence-electron chi connectivity index (χ2n) is 5.06. The van der Waals surface area contributed by atoms with Crippen molar-refractivity contribution in [3.05, 3.63) is 68.9 Å². The third-order valence-corrected chi connectivity index (χ3v) is 4.03. The molecule has 3 heteroatoms. The highest BCUT2D eigenvalue weighted by atomic mass is 79.9. The van der Waals surface area contributed by atoms with E-state index in [1.165, 1.54) is 12.1 Å². The zero-order chi connectivity index (χ0) is 14.7. The van der Waals surface area contributed by atoms with Gasteiger partial charge in [-0.3, -0.25) is 4.79 Å². The van der Waals surface area contributed by atoms with Crippen LogP contribution in [0.25, 0.3) is 0 Å². The first-order valence-corrected chi connectivity index (χ1v) is 7.27. The summed E-state index contributed by atoms with van der Waals surface area (Å²) in [5.41, 5.74) is 4.17. The van der Waals surface area contributed by atoms with E-state index in [9.17, 15) is 9.18 Å². The van der Waals surface area contributed by atoms with Crippen LogP contribution in [-0.4, -0.2) is 5.78 Å². The van der Waals surface area contributed by atoms with Crippen LogP contribution in [0.1, 0.15) is 22.3 Å². The molecule has 0 heterocycles. The van der Waals surface area contributed by atoms with Crippen molar-refractivity contribution in [1.29, 1.82) is 0 Å². The zero-order valence-corrected chi connectivity index (χ0v) is 13.1. The maximum absolute atomic E-state index is 13.0. The maximum atomic E-state index is 13.0. The Morgan fingerprint density at radius 1 is 1.05 bits per heavy atom. The minimum Gasteiger partial charge on any atom is -0.299 e. The van der Waals surface area contributed by atoms with E-state index in [-0.39, 0.29) is 11.6 Å². The molecule has 0 spiro atoms. The molecule has 0 radical (unpaired) electrons. The highest BCUT2D eigenvalue weighted by Crippen LogP contribution is 2.20. The molecule has 104 valence electrons. The van der Waals surface area contributed by atoms with E-state index in [1.807, 2.05) is 32.0 Å². The maximum Gasteiger partial charge on any atom is 0.141 e. The summed E-state index contributed by atoms with van der Waals surface area (Å²) >= 11 is 3.29. The fraction of sp³-hybridized carbons (Fsp3) is 0.235. The van der Waals surface area contributed by atoms with Gasteiger partial charge >= 0.3 is 0 Å². The van der Waals surface area contributed by atoms with Gasteiger partial charge in [0.15, 0.2) is 0 Å². The van der Waals surface area contributed by atoms with Gasteiger partial charge in [0, 0.05) is 17.3 Å². The van der Waals surface area contributed by atoms with E-state index in [0.717, 1.165) is 22.3 Å². The van der Waals surface area contributed by atoms with Crippen molar-refractivity contribution in [2.75, 3.05) is 0 Å². The summed E-state index contributed by atoms with van der Waals surface area (Å²) in [6.45, 7) is 4.03. The minimum absolute atomic E-state index is 0.131. The van der Waals surface area contributed by atoms with Crippen LogP contribution in [0.15, 0.2) is 40.9 Å². The van der Waals surface area contributed by atoms with Gasteiger partial charge in [0.1, 0.15) is 11.6 Å². The molecule has 2 aromatic carbocycles. The molecular formula is C17H16BrFO. The molecule has 0 aliphatic heterocycles. The smallest absolute Gasteiger partial charge is 0.141 e. The Bertz CT molecular complexity index is 649. The standard InChI is InChI=1S/C17H16BrFO/c1-11-3-4-12(2)14(7-11)9-16(20)8-13-5-6-15(19)10-17(13)18/h3-7,10H,8-9H2,1-2H3. The number of Topliss-reactive ketones (excluding diaryl/α,β-unsaturated/α-hetero) is 1. The highest BCUT2D eigenvalue weighted by Gasteiger charge is 2.10. The number of hydrogen-bond donors (Lipinski definition) is 0. The predicted octanol–water partition coefficient (Wildman–Crippen LogP) is 4.56. The lowest BCUT2D eigenvalue weighted by Gasteiger charge is -2.08. The first-order chi connectivity index (χ1) is 9.45. The van der Waals surface area contributed by atoms with Crippen molar-refractivity contribution >= 4 is 21.7 Å². The number of benzene rings is 2. The lowest BCUT2D eigenvalue weighted by Crippen LogP contribution is -2.08. The number of carbonyl (C=O) groups is 1. The Balaban J connectivity index is 2.11. The van der Waals surface area contributed by atoms with Crippen molar-refractivity contribution in [2.24, 2.45) is 0 Å². The van der Waals surface area contributed by atoms with Crippen molar-refractivity contribution in [1.82, 2.24) is 0 Å². The van der Waals surface area contributed by atoms with Crippen molar-refractivity contribution in [2.45, 2.75) is 26.7 Å². The van der Waals surface area contributed by atoms with Crippen molar-refractivity contribution in [3.8, 4) is 0 Å². The minimum atomic E-state index is -0.303. The van der Waals surface area contributed by atoms with Gasteiger partial charge in [-0.25, -0.2) is 4.39 Å². The molecule has 0 aliphatic carbocycles. The molecule has 1 nitrogen and oxygen atoms in total. The monoisotopic (exact) mass is 334 g/mol. The van der Waals surface area contributed by atoms with Gasteiger partial charge in [-0.05, 0) is 42.7 Å². The summed E-state index contributed by atoms with van der Waals surface area (Å²) in [5, 5.41) is 0. The number of rotatable bonds is 4. The molecule has 0 bridgehead atoms. The van der Waals surface area contributed by atoms with E-state index in [4.69, 9.17) is 0 Å². The van der Waals surface area contributed by atoms with Gasteiger partial charge in [-0.15, -0.1) is 0 Å². The quantitative estimate of drug-likeness (QED) is 0.801. The second kappa shape index (κ2) is 6.31. The number of hydrogen-bond acceptors (Lipinski definition) is 1. The molecule has 20 heavy (non-hydrogen) atoms. The summed E-state index contributed by atoms with van der Waals surface area (Å²) in [6, 6.07) is 10.5. The molecule has 2 rings (SSSR count). The van der Waals surface area contributed by atoms with Crippen molar-refractivity contribution < 1.29 is 9.18 Å². The Kier molecular flexibility index (Phi) is 4.71. The zero-order valence-electron chi connectivity index (χ0n) is 11.5. The van der Waals surface area contributed by atoms with Crippen LogP contribution in [0.4, 0.5) is 4.39 Å². The summed E-state index contributed by atoms with van der Waals surface area (Å²) in [7, 11) is 0. The van der Waals surface area contributed by atoms with Crippen molar-refractivity contribution in [3.63, 3.8) is 0 Å². The van der Waals surface area contributed by atoms with E-state index in [1.54, 1.807) is 6.07 Å². The van der Waals surface area contributed by atoms with Crippen LogP contribution in [0.5, 0.6) is 0 Å². The summed E-state index contributed by atoms with van der Waals surface area (Å²) in [6.07, 6.45) is 0.728. The van der Waals surface area contributed by atoms with Crippen LogP contribution in [0.3, 0.4) is 0 Å². The van der Waals surface area contributed by atoms with Gasteiger partial charge in [0.05, 0.1) is 0 Å². The Labute approximate surface area is 127 Å². The molecule has 0 atom stereocenters. The SMILES string of the molecule is Cc1ccc(C)c(CC(=O)Cc2ccc(F)cc2Br)c1. The highest BCUT2D eigenvalue weighted by molar-refractivity contribution is 9.10. The van der Waals surface area contributed by atoms with Crippen LogP contribution in [0.2, 0.25) is 0 Å². The topological polar surface area (TPSA) is 17.1 Å². The van der Waals surface area contributed by atoms with E-state index in [0.29, 0.717) is 17.3 Å². The molecule has 0 fully saturated rings. The lowest BCUT2D eigenvalue weighted by atomic mass is 9.98. The molecule has 0 amide bonds. The van der Waals surface area contributed by atoms with Gasteiger partial charge in [-0.1, -0.05) is 45.8 Å². The van der Waals surface area contributed by atoms with Crippen LogP contribution < -0.4 is 0 Å². The van der Waals surface area contributed by atoms with E-state index >= 15 is 0 Å². The predicted molar refractivity (Wildman–Crippen MR) is 82.4 cm³/mol. The summed E-state index contributed by atoms with van der Waals surface area (Å²) in [4.78, 5) is 12.2. The lowest BCUT2D eigenvalue weighted by molar-refractivity contribution is -0.117.